The van der Waals surface area contributed by atoms with Crippen molar-refractivity contribution in [3.05, 3.63) is 60.3 Å². The van der Waals surface area contributed by atoms with Gasteiger partial charge in [0.15, 0.2) is 0 Å². The van der Waals surface area contributed by atoms with E-state index in [0.717, 1.165) is 22.0 Å². The third-order valence-corrected chi connectivity index (χ3v) is 3.42. The van der Waals surface area contributed by atoms with Crippen molar-refractivity contribution in [1.29, 1.82) is 0 Å². The number of hydrogen-bond acceptors (Lipinski definition) is 4. The molecular weight excluding hydrogens is 264 g/mol. The van der Waals surface area contributed by atoms with Gasteiger partial charge in [-0.2, -0.15) is 0 Å². The number of nitrogens with two attached hydrogens (primary N) is 1. The largest absolute Gasteiger partial charge is 0.465 e. The van der Waals surface area contributed by atoms with Gasteiger partial charge in [0.1, 0.15) is 5.56 Å². The Balaban J connectivity index is 2.20. The SMILES string of the molecule is COC(=O)c1cnc2ccc(-c3ccccc3)cc2c1N. The summed E-state index contributed by atoms with van der Waals surface area (Å²) in [6.45, 7) is 0. The van der Waals surface area contributed by atoms with Crippen molar-refractivity contribution < 1.29 is 9.53 Å². The third-order valence-electron chi connectivity index (χ3n) is 3.42. The highest BCUT2D eigenvalue weighted by atomic mass is 16.5. The van der Waals surface area contributed by atoms with Gasteiger partial charge >= 0.3 is 5.97 Å². The first-order valence-electron chi connectivity index (χ1n) is 6.52. The normalized spacial score (nSPS) is 10.5. The van der Waals surface area contributed by atoms with E-state index in [0.29, 0.717) is 5.69 Å². The molecule has 3 rings (SSSR count). The zero-order chi connectivity index (χ0) is 14.8. The van der Waals surface area contributed by atoms with Crippen LogP contribution in [-0.2, 0) is 4.74 Å². The van der Waals surface area contributed by atoms with Crippen molar-refractivity contribution in [1.82, 2.24) is 4.98 Å². The Bertz CT molecular complexity index is 814. The first-order chi connectivity index (χ1) is 10.2. The number of carbonyl (C=O) groups excluding carboxylic acids is 1. The standard InChI is InChI=1S/C17H14N2O2/c1-21-17(20)14-10-19-15-8-7-12(9-13(15)16(14)18)11-5-3-2-4-6-11/h2-10H,1H3,(H2,18,19). The quantitative estimate of drug-likeness (QED) is 0.731. The minimum absolute atomic E-state index is 0.287. The second-order valence-corrected chi connectivity index (χ2v) is 4.68. The lowest BCUT2D eigenvalue weighted by molar-refractivity contribution is 0.0601. The fourth-order valence-electron chi connectivity index (χ4n) is 2.30. The third kappa shape index (κ3) is 2.31. The number of esters is 1. The Morgan fingerprint density at radius 2 is 1.86 bits per heavy atom. The average Bonchev–Trinajstić information content (AvgIpc) is 2.55. The molecule has 1 aromatic heterocycles. The lowest BCUT2D eigenvalue weighted by Crippen LogP contribution is -2.06. The molecule has 0 saturated heterocycles. The highest BCUT2D eigenvalue weighted by Gasteiger charge is 2.14. The van der Waals surface area contributed by atoms with E-state index in [2.05, 4.69) is 4.98 Å². The van der Waals surface area contributed by atoms with Crippen LogP contribution in [0.1, 0.15) is 10.4 Å². The van der Waals surface area contributed by atoms with E-state index < -0.39 is 5.97 Å². The molecule has 0 amide bonds. The van der Waals surface area contributed by atoms with E-state index in [-0.39, 0.29) is 5.56 Å². The summed E-state index contributed by atoms with van der Waals surface area (Å²) in [7, 11) is 1.33. The van der Waals surface area contributed by atoms with E-state index in [9.17, 15) is 4.79 Å². The number of pyridine rings is 1. The van der Waals surface area contributed by atoms with E-state index >= 15 is 0 Å². The van der Waals surface area contributed by atoms with E-state index in [4.69, 9.17) is 10.5 Å². The van der Waals surface area contributed by atoms with Crippen molar-refractivity contribution >= 4 is 22.6 Å². The molecule has 0 fully saturated rings. The molecule has 0 aliphatic heterocycles. The minimum Gasteiger partial charge on any atom is -0.465 e. The molecule has 0 saturated carbocycles. The maximum atomic E-state index is 11.7. The van der Waals surface area contributed by atoms with E-state index in [1.54, 1.807) is 0 Å². The minimum atomic E-state index is -0.480. The summed E-state index contributed by atoms with van der Waals surface area (Å²) in [6, 6.07) is 15.8. The van der Waals surface area contributed by atoms with Gasteiger partial charge in [-0.25, -0.2) is 4.79 Å². The summed E-state index contributed by atoms with van der Waals surface area (Å²) in [5.74, 6) is -0.480. The van der Waals surface area contributed by atoms with Gasteiger partial charge in [-0.05, 0) is 23.3 Å². The lowest BCUT2D eigenvalue weighted by atomic mass is 10.0. The smallest absolute Gasteiger partial charge is 0.341 e. The molecule has 2 N–H and O–H groups in total. The molecule has 0 atom stereocenters. The fraction of sp³-hybridized carbons (Fsp3) is 0.0588. The van der Waals surface area contributed by atoms with Crippen LogP contribution in [0.25, 0.3) is 22.0 Å². The fourth-order valence-corrected chi connectivity index (χ4v) is 2.30. The van der Waals surface area contributed by atoms with Crippen LogP contribution < -0.4 is 5.73 Å². The number of rotatable bonds is 2. The lowest BCUT2D eigenvalue weighted by Gasteiger charge is -2.09. The number of benzene rings is 2. The molecule has 4 nitrogen and oxygen atoms in total. The number of fused-ring (bicyclic) bond motifs is 1. The summed E-state index contributed by atoms with van der Waals surface area (Å²) in [5, 5.41) is 0.749. The number of nitrogens with zero attached hydrogens (tertiary/aromatic N) is 1. The van der Waals surface area contributed by atoms with Crippen molar-refractivity contribution in [3.8, 4) is 11.1 Å². The maximum Gasteiger partial charge on any atom is 0.341 e. The molecule has 4 heteroatoms. The number of anilines is 1. The second-order valence-electron chi connectivity index (χ2n) is 4.68. The molecule has 104 valence electrons. The van der Waals surface area contributed by atoms with Gasteiger partial charge in [-0.1, -0.05) is 36.4 Å². The molecule has 0 spiro atoms. The van der Waals surface area contributed by atoms with Gasteiger partial charge < -0.3 is 10.5 Å². The molecule has 0 unspecified atom stereocenters. The maximum absolute atomic E-state index is 11.7. The predicted molar refractivity (Wildman–Crippen MR) is 82.9 cm³/mol. The molecular formula is C17H14N2O2. The predicted octanol–water partition coefficient (Wildman–Crippen LogP) is 3.27. The summed E-state index contributed by atoms with van der Waals surface area (Å²) in [6.07, 6.45) is 1.45. The number of methoxy groups -OCH3 is 1. The zero-order valence-corrected chi connectivity index (χ0v) is 11.5. The molecule has 0 aliphatic rings. The topological polar surface area (TPSA) is 65.2 Å². The molecule has 1 heterocycles. The summed E-state index contributed by atoms with van der Waals surface area (Å²) >= 11 is 0. The average molecular weight is 278 g/mol. The second kappa shape index (κ2) is 5.25. The van der Waals surface area contributed by atoms with Crippen LogP contribution in [0.5, 0.6) is 0 Å². The molecule has 21 heavy (non-hydrogen) atoms. The van der Waals surface area contributed by atoms with Gasteiger partial charge in [0.25, 0.3) is 0 Å². The highest BCUT2D eigenvalue weighted by molar-refractivity contribution is 6.04. The molecule has 0 aliphatic carbocycles. The van der Waals surface area contributed by atoms with Gasteiger partial charge in [0.05, 0.1) is 18.3 Å². The van der Waals surface area contributed by atoms with Crippen molar-refractivity contribution in [3.63, 3.8) is 0 Å². The number of ether oxygens (including phenoxy) is 1. The molecule has 0 bridgehead atoms. The van der Waals surface area contributed by atoms with Crippen molar-refractivity contribution in [2.24, 2.45) is 0 Å². The van der Waals surface area contributed by atoms with Crippen molar-refractivity contribution in [2.75, 3.05) is 12.8 Å². The van der Waals surface area contributed by atoms with E-state index in [1.165, 1.54) is 13.3 Å². The Hall–Kier alpha value is -2.88. The Morgan fingerprint density at radius 1 is 1.10 bits per heavy atom. The number of aromatic nitrogens is 1. The molecule has 3 aromatic rings. The molecule has 2 aromatic carbocycles. The summed E-state index contributed by atoms with van der Waals surface area (Å²) in [4.78, 5) is 16.0. The highest BCUT2D eigenvalue weighted by Crippen LogP contribution is 2.28. The first kappa shape index (κ1) is 13.1. The van der Waals surface area contributed by atoms with Crippen LogP contribution in [0, 0.1) is 0 Å². The number of carbonyl (C=O) groups is 1. The Kier molecular flexibility index (Phi) is 3.28. The molecule has 0 radical (unpaired) electrons. The summed E-state index contributed by atoms with van der Waals surface area (Å²) < 4.78 is 4.72. The van der Waals surface area contributed by atoms with Crippen LogP contribution >= 0.6 is 0 Å². The Morgan fingerprint density at radius 3 is 2.57 bits per heavy atom. The summed E-state index contributed by atoms with van der Waals surface area (Å²) in [5.41, 5.74) is 9.64. The van der Waals surface area contributed by atoms with Gasteiger partial charge in [-0.15, -0.1) is 0 Å². The monoisotopic (exact) mass is 278 g/mol. The van der Waals surface area contributed by atoms with Gasteiger partial charge in [0, 0.05) is 11.6 Å². The number of hydrogen-bond donors (Lipinski definition) is 1. The van der Waals surface area contributed by atoms with E-state index in [1.807, 2.05) is 48.5 Å². The van der Waals surface area contributed by atoms with Crippen LogP contribution in [0.2, 0.25) is 0 Å². The van der Waals surface area contributed by atoms with Crippen LogP contribution in [0.4, 0.5) is 5.69 Å². The first-order valence-corrected chi connectivity index (χ1v) is 6.52. The van der Waals surface area contributed by atoms with Gasteiger partial charge in [0.2, 0.25) is 0 Å². The van der Waals surface area contributed by atoms with Crippen LogP contribution in [0.3, 0.4) is 0 Å². The van der Waals surface area contributed by atoms with Crippen molar-refractivity contribution in [2.45, 2.75) is 0 Å². The van der Waals surface area contributed by atoms with Gasteiger partial charge in [-0.3, -0.25) is 4.98 Å². The zero-order valence-electron chi connectivity index (χ0n) is 11.5. The van der Waals surface area contributed by atoms with Crippen LogP contribution in [-0.4, -0.2) is 18.1 Å². The Labute approximate surface area is 122 Å². The number of nitrogen functional groups attached to an aromatic ring is 1. The van der Waals surface area contributed by atoms with Crippen LogP contribution in [0.15, 0.2) is 54.7 Å².